The quantitative estimate of drug-likeness (QED) is 0.820. The second-order valence-corrected chi connectivity index (χ2v) is 7.31. The Bertz CT molecular complexity index is 909. The van der Waals surface area contributed by atoms with E-state index in [1.807, 2.05) is 38.1 Å². The SMILES string of the molecule is COC1=NCc2cc(CC(=O)C[C@H](C)c3ccc(Cl)c(C)c3)nc(CO)c21. The Kier molecular flexibility index (Phi) is 5.92. The van der Waals surface area contributed by atoms with E-state index in [-0.39, 0.29) is 24.7 Å². The van der Waals surface area contributed by atoms with E-state index >= 15 is 0 Å². The summed E-state index contributed by atoms with van der Waals surface area (Å²) in [5.74, 6) is 0.701. The molecule has 0 fully saturated rings. The first-order valence-electron chi connectivity index (χ1n) is 8.92. The molecule has 27 heavy (non-hydrogen) atoms. The molecule has 6 heteroatoms. The van der Waals surface area contributed by atoms with Crippen molar-refractivity contribution < 1.29 is 14.6 Å². The summed E-state index contributed by atoms with van der Waals surface area (Å²) in [6.07, 6.45) is 0.660. The summed E-state index contributed by atoms with van der Waals surface area (Å²) >= 11 is 6.08. The van der Waals surface area contributed by atoms with E-state index in [1.165, 1.54) is 0 Å². The molecule has 1 aliphatic heterocycles. The topological polar surface area (TPSA) is 71.8 Å². The van der Waals surface area contributed by atoms with Crippen LogP contribution in [0.3, 0.4) is 0 Å². The number of rotatable bonds is 6. The van der Waals surface area contributed by atoms with Crippen LogP contribution in [0.15, 0.2) is 29.3 Å². The summed E-state index contributed by atoms with van der Waals surface area (Å²) in [5.41, 5.74) is 4.97. The highest BCUT2D eigenvalue weighted by Crippen LogP contribution is 2.26. The first kappa shape index (κ1) is 19.5. The highest BCUT2D eigenvalue weighted by atomic mass is 35.5. The minimum atomic E-state index is -0.215. The van der Waals surface area contributed by atoms with Gasteiger partial charge in [0.15, 0.2) is 0 Å². The van der Waals surface area contributed by atoms with Crippen molar-refractivity contribution >= 4 is 23.3 Å². The number of carbonyl (C=O) groups excluding carboxylic acids is 1. The Morgan fingerprint density at radius 3 is 2.81 bits per heavy atom. The third-order valence-electron chi connectivity index (χ3n) is 4.84. The normalized spacial score (nSPS) is 13.9. The Hall–Kier alpha value is -2.24. The maximum Gasteiger partial charge on any atom is 0.218 e. The van der Waals surface area contributed by atoms with Crippen molar-refractivity contribution in [3.8, 4) is 0 Å². The number of fused-ring (bicyclic) bond motifs is 1. The number of ether oxygens (including phenoxy) is 1. The van der Waals surface area contributed by atoms with Crippen molar-refractivity contribution in [2.75, 3.05) is 7.11 Å². The van der Waals surface area contributed by atoms with Crippen LogP contribution in [0.5, 0.6) is 0 Å². The average Bonchev–Trinajstić information content (AvgIpc) is 3.06. The number of aliphatic imine (C=N–C) groups is 1. The van der Waals surface area contributed by atoms with Crippen molar-refractivity contribution in [3.63, 3.8) is 0 Å². The number of nitrogens with zero attached hydrogens (tertiary/aromatic N) is 2. The molecule has 2 aromatic rings. The predicted octanol–water partition coefficient (Wildman–Crippen LogP) is 3.75. The summed E-state index contributed by atoms with van der Waals surface area (Å²) in [6.45, 7) is 4.26. The van der Waals surface area contributed by atoms with Crippen LogP contribution in [0.2, 0.25) is 5.02 Å². The summed E-state index contributed by atoms with van der Waals surface area (Å²) in [7, 11) is 1.55. The van der Waals surface area contributed by atoms with Crippen LogP contribution in [-0.2, 0) is 29.1 Å². The van der Waals surface area contributed by atoms with Gasteiger partial charge in [0.2, 0.25) is 5.90 Å². The van der Waals surface area contributed by atoms with Crippen LogP contribution >= 0.6 is 11.6 Å². The number of carbonyl (C=O) groups is 1. The number of ketones is 1. The molecule has 0 unspecified atom stereocenters. The first-order chi connectivity index (χ1) is 12.9. The molecular formula is C21H23ClN2O3. The van der Waals surface area contributed by atoms with Gasteiger partial charge in [0.05, 0.1) is 31.5 Å². The monoisotopic (exact) mass is 386 g/mol. The Morgan fingerprint density at radius 1 is 1.37 bits per heavy atom. The highest BCUT2D eigenvalue weighted by molar-refractivity contribution is 6.31. The van der Waals surface area contributed by atoms with E-state index in [9.17, 15) is 9.90 Å². The van der Waals surface area contributed by atoms with Gasteiger partial charge in [0.1, 0.15) is 5.78 Å². The lowest BCUT2D eigenvalue weighted by Gasteiger charge is -2.13. The van der Waals surface area contributed by atoms with Crippen LogP contribution < -0.4 is 0 Å². The molecule has 1 aromatic heterocycles. The maximum absolute atomic E-state index is 12.6. The number of aromatic nitrogens is 1. The molecule has 1 atom stereocenters. The van der Waals surface area contributed by atoms with Crippen LogP contribution in [-0.4, -0.2) is 28.9 Å². The standard InChI is InChI=1S/C21H23ClN2O3/c1-12(14-4-5-18(22)13(2)6-14)7-17(26)9-16-8-15-10-23-21(27-3)20(15)19(11-25)24-16/h4-6,8,12,25H,7,9-11H2,1-3H3/t12-/m0/s1. The molecule has 1 N–H and O–H groups in total. The van der Waals surface area contributed by atoms with Gasteiger partial charge in [-0.1, -0.05) is 30.7 Å². The van der Waals surface area contributed by atoms with Gasteiger partial charge in [-0.3, -0.25) is 9.78 Å². The summed E-state index contributed by atoms with van der Waals surface area (Å²) < 4.78 is 5.24. The molecule has 5 nitrogen and oxygen atoms in total. The Morgan fingerprint density at radius 2 is 2.15 bits per heavy atom. The molecule has 142 valence electrons. The molecule has 1 aromatic carbocycles. The van der Waals surface area contributed by atoms with E-state index in [1.54, 1.807) is 7.11 Å². The number of pyridine rings is 1. The van der Waals surface area contributed by atoms with Crippen molar-refractivity contribution in [2.24, 2.45) is 4.99 Å². The largest absolute Gasteiger partial charge is 0.481 e. The van der Waals surface area contributed by atoms with Gasteiger partial charge in [-0.25, -0.2) is 4.99 Å². The molecule has 3 rings (SSSR count). The molecular weight excluding hydrogens is 364 g/mol. The lowest BCUT2D eigenvalue weighted by atomic mass is 9.93. The zero-order valence-electron chi connectivity index (χ0n) is 15.8. The number of methoxy groups -OCH3 is 1. The van der Waals surface area contributed by atoms with Crippen LogP contribution in [0.25, 0.3) is 0 Å². The van der Waals surface area contributed by atoms with Crippen LogP contribution in [0, 0.1) is 6.92 Å². The fourth-order valence-corrected chi connectivity index (χ4v) is 3.54. The van der Waals surface area contributed by atoms with E-state index in [4.69, 9.17) is 16.3 Å². The zero-order valence-corrected chi connectivity index (χ0v) is 16.5. The predicted molar refractivity (Wildman–Crippen MR) is 105 cm³/mol. The number of halogens is 1. The number of aryl methyl sites for hydroxylation is 1. The molecule has 0 saturated carbocycles. The number of Topliss-reactive ketones (excluding diaryl/α,β-unsaturated/α-hetero) is 1. The average molecular weight is 387 g/mol. The van der Waals surface area contributed by atoms with E-state index in [0.29, 0.717) is 30.3 Å². The lowest BCUT2D eigenvalue weighted by Crippen LogP contribution is -2.13. The molecule has 0 radical (unpaired) electrons. The van der Waals surface area contributed by atoms with Gasteiger partial charge >= 0.3 is 0 Å². The Balaban J connectivity index is 1.72. The molecule has 0 spiro atoms. The number of aliphatic hydroxyl groups excluding tert-OH is 1. The smallest absolute Gasteiger partial charge is 0.218 e. The van der Waals surface area contributed by atoms with Crippen LogP contribution in [0.4, 0.5) is 0 Å². The first-order valence-corrected chi connectivity index (χ1v) is 9.29. The summed E-state index contributed by atoms with van der Waals surface area (Å²) in [5, 5.41) is 10.4. The van der Waals surface area contributed by atoms with E-state index in [2.05, 4.69) is 9.98 Å². The Labute approximate surface area is 164 Å². The molecule has 2 heterocycles. The maximum atomic E-state index is 12.6. The third-order valence-corrected chi connectivity index (χ3v) is 5.27. The molecule has 0 aliphatic carbocycles. The molecule has 0 bridgehead atoms. The van der Waals surface area contributed by atoms with Gasteiger partial charge in [0.25, 0.3) is 0 Å². The van der Waals surface area contributed by atoms with E-state index < -0.39 is 0 Å². The number of aliphatic hydroxyl groups is 1. The van der Waals surface area contributed by atoms with E-state index in [0.717, 1.165) is 27.3 Å². The molecule has 0 amide bonds. The minimum Gasteiger partial charge on any atom is -0.481 e. The van der Waals surface area contributed by atoms with Crippen molar-refractivity contribution in [1.82, 2.24) is 4.98 Å². The van der Waals surface area contributed by atoms with Crippen molar-refractivity contribution in [2.45, 2.75) is 45.8 Å². The van der Waals surface area contributed by atoms with Gasteiger partial charge in [-0.05, 0) is 41.7 Å². The number of hydrogen-bond donors (Lipinski definition) is 1. The molecule has 1 aliphatic rings. The fourth-order valence-electron chi connectivity index (χ4n) is 3.42. The second-order valence-electron chi connectivity index (χ2n) is 6.91. The van der Waals surface area contributed by atoms with Crippen molar-refractivity contribution in [1.29, 1.82) is 0 Å². The summed E-state index contributed by atoms with van der Waals surface area (Å²) in [4.78, 5) is 21.3. The van der Waals surface area contributed by atoms with Crippen molar-refractivity contribution in [3.05, 3.63) is 62.9 Å². The van der Waals surface area contributed by atoms with Gasteiger partial charge in [-0.2, -0.15) is 0 Å². The lowest BCUT2D eigenvalue weighted by molar-refractivity contribution is -0.118. The third kappa shape index (κ3) is 4.20. The van der Waals surface area contributed by atoms with Gasteiger partial charge in [0, 0.05) is 23.6 Å². The van der Waals surface area contributed by atoms with Crippen LogP contribution in [0.1, 0.15) is 52.9 Å². The highest BCUT2D eigenvalue weighted by Gasteiger charge is 2.23. The number of benzene rings is 1. The summed E-state index contributed by atoms with van der Waals surface area (Å²) in [6, 6.07) is 7.75. The fraction of sp³-hybridized carbons (Fsp3) is 0.381. The second kappa shape index (κ2) is 8.19. The zero-order chi connectivity index (χ0) is 19.6. The van der Waals surface area contributed by atoms with Gasteiger partial charge in [-0.15, -0.1) is 0 Å². The van der Waals surface area contributed by atoms with Gasteiger partial charge < -0.3 is 9.84 Å². The minimum absolute atomic E-state index is 0.101. The number of hydrogen-bond acceptors (Lipinski definition) is 5. The molecule has 0 saturated heterocycles.